The number of rotatable bonds is 7. The molecule has 1 amide bonds. The lowest BCUT2D eigenvalue weighted by atomic mass is 9.92. The Morgan fingerprint density at radius 2 is 1.96 bits per heavy atom. The van der Waals surface area contributed by atoms with Gasteiger partial charge in [-0.3, -0.25) is 9.69 Å². The van der Waals surface area contributed by atoms with Crippen molar-refractivity contribution >= 4 is 17.7 Å². The molecule has 0 saturated carbocycles. The predicted molar refractivity (Wildman–Crippen MR) is 103 cm³/mol. The first-order valence-corrected chi connectivity index (χ1v) is 10.9. The summed E-state index contributed by atoms with van der Waals surface area (Å²) in [5.41, 5.74) is -0.755. The van der Waals surface area contributed by atoms with E-state index < -0.39 is 42.0 Å². The highest BCUT2D eigenvalue weighted by atomic mass is 32.2. The Morgan fingerprint density at radius 1 is 1.30 bits per heavy atom. The van der Waals surface area contributed by atoms with E-state index in [0.717, 1.165) is 25.8 Å². The maximum Gasteiger partial charge on any atom is 0.237 e. The molecular formula is C18H34N2O6S. The van der Waals surface area contributed by atoms with Gasteiger partial charge in [0.05, 0.1) is 18.2 Å². The van der Waals surface area contributed by atoms with E-state index in [9.17, 15) is 25.2 Å². The molecule has 2 fully saturated rings. The lowest BCUT2D eigenvalue weighted by Gasteiger charge is -2.44. The van der Waals surface area contributed by atoms with E-state index in [1.165, 1.54) is 18.7 Å². The van der Waals surface area contributed by atoms with Crippen LogP contribution in [0.15, 0.2) is 0 Å². The van der Waals surface area contributed by atoms with E-state index in [-0.39, 0.29) is 11.9 Å². The number of carbonyl (C=O) groups is 1. The van der Waals surface area contributed by atoms with Crippen LogP contribution < -0.4 is 5.32 Å². The molecule has 0 unspecified atom stereocenters. The third-order valence-electron chi connectivity index (χ3n) is 5.66. The SMILES string of the molecule is CCC[C@@H]1C[C@@H](C(=O)N[C@@H]([C@H]2O[C@H](SC)[C@H](O)[C@@H](O)[C@H]2O)[C@H](C)O)N(C)C1. The van der Waals surface area contributed by atoms with Gasteiger partial charge >= 0.3 is 0 Å². The van der Waals surface area contributed by atoms with E-state index >= 15 is 0 Å². The molecule has 158 valence electrons. The molecule has 0 aromatic heterocycles. The number of carbonyl (C=O) groups excluding carboxylic acids is 1. The van der Waals surface area contributed by atoms with Crippen LogP contribution >= 0.6 is 11.8 Å². The van der Waals surface area contributed by atoms with E-state index in [1.807, 2.05) is 11.9 Å². The van der Waals surface area contributed by atoms with E-state index in [2.05, 4.69) is 12.2 Å². The highest BCUT2D eigenvalue weighted by Gasteiger charge is 2.48. The van der Waals surface area contributed by atoms with Gasteiger partial charge in [0.25, 0.3) is 0 Å². The number of thioether (sulfide) groups is 1. The third kappa shape index (κ3) is 5.14. The van der Waals surface area contributed by atoms with Gasteiger partial charge in [0, 0.05) is 6.54 Å². The van der Waals surface area contributed by atoms with Gasteiger partial charge < -0.3 is 30.5 Å². The average Bonchev–Trinajstić information content (AvgIpc) is 2.99. The van der Waals surface area contributed by atoms with Crippen LogP contribution in [0.25, 0.3) is 0 Å². The van der Waals surface area contributed by atoms with Crippen LogP contribution in [0.3, 0.4) is 0 Å². The number of nitrogens with zero attached hydrogens (tertiary/aromatic N) is 1. The predicted octanol–water partition coefficient (Wildman–Crippen LogP) is -0.857. The normalized spacial score (nSPS) is 39.9. The summed E-state index contributed by atoms with van der Waals surface area (Å²) in [5.74, 6) is 0.245. The Morgan fingerprint density at radius 3 is 2.52 bits per heavy atom. The summed E-state index contributed by atoms with van der Waals surface area (Å²) in [6.07, 6.45) is -1.50. The van der Waals surface area contributed by atoms with E-state index in [4.69, 9.17) is 4.74 Å². The van der Waals surface area contributed by atoms with Gasteiger partial charge in [0.2, 0.25) is 5.91 Å². The second-order valence-corrected chi connectivity index (χ2v) is 8.73. The van der Waals surface area contributed by atoms with Crippen molar-refractivity contribution in [3.63, 3.8) is 0 Å². The molecule has 8 nitrogen and oxygen atoms in total. The first kappa shape index (κ1) is 22.9. The fourth-order valence-corrected chi connectivity index (χ4v) is 4.81. The minimum absolute atomic E-state index is 0.223. The molecule has 0 radical (unpaired) electrons. The molecule has 0 bridgehead atoms. The minimum Gasteiger partial charge on any atom is -0.391 e. The lowest BCUT2D eigenvalue weighted by molar-refractivity contribution is -0.211. The third-order valence-corrected chi connectivity index (χ3v) is 6.51. The van der Waals surface area contributed by atoms with E-state index in [0.29, 0.717) is 5.92 Å². The van der Waals surface area contributed by atoms with Gasteiger partial charge in [-0.2, -0.15) is 0 Å². The zero-order valence-corrected chi connectivity index (χ0v) is 17.3. The lowest BCUT2D eigenvalue weighted by Crippen LogP contribution is -2.65. The molecule has 2 rings (SSSR count). The Balaban J connectivity index is 2.09. The molecule has 0 aromatic rings. The molecule has 9 atom stereocenters. The van der Waals surface area contributed by atoms with Crippen LogP contribution in [0.1, 0.15) is 33.1 Å². The molecule has 0 aliphatic carbocycles. The van der Waals surface area contributed by atoms with Crippen molar-refractivity contribution in [1.29, 1.82) is 0 Å². The van der Waals surface area contributed by atoms with Crippen molar-refractivity contribution in [3.8, 4) is 0 Å². The maximum atomic E-state index is 12.8. The molecule has 5 N–H and O–H groups in total. The summed E-state index contributed by atoms with van der Waals surface area (Å²) in [4.78, 5) is 14.9. The summed E-state index contributed by atoms with van der Waals surface area (Å²) in [5, 5.41) is 43.5. The van der Waals surface area contributed by atoms with Crippen molar-refractivity contribution in [2.75, 3.05) is 19.8 Å². The Hall–Kier alpha value is -0.420. The fraction of sp³-hybridized carbons (Fsp3) is 0.944. The summed E-state index contributed by atoms with van der Waals surface area (Å²) in [6, 6.07) is -1.20. The number of hydrogen-bond acceptors (Lipinski definition) is 8. The second-order valence-electron chi connectivity index (χ2n) is 7.80. The highest BCUT2D eigenvalue weighted by molar-refractivity contribution is 7.99. The quantitative estimate of drug-likeness (QED) is 0.370. The molecular weight excluding hydrogens is 372 g/mol. The standard InChI is InChI=1S/C18H34N2O6S/c1-5-6-10-7-11(20(3)8-10)17(25)19-12(9(2)21)16-14(23)13(22)15(24)18(26-16)27-4/h9-16,18,21-24H,5-8H2,1-4H3,(H,19,25)/t9-,10+,11-,12+,13-,14+,15+,16+,18+/m0/s1. The number of hydrogen-bond donors (Lipinski definition) is 5. The monoisotopic (exact) mass is 406 g/mol. The highest BCUT2D eigenvalue weighted by Crippen LogP contribution is 2.30. The smallest absolute Gasteiger partial charge is 0.237 e. The van der Waals surface area contributed by atoms with Crippen molar-refractivity contribution in [2.45, 2.75) is 81.1 Å². The van der Waals surface area contributed by atoms with Crippen LogP contribution in [0.4, 0.5) is 0 Å². The van der Waals surface area contributed by atoms with Crippen LogP contribution in [-0.2, 0) is 9.53 Å². The van der Waals surface area contributed by atoms with Crippen LogP contribution in [-0.4, -0.2) is 99.1 Å². The molecule has 27 heavy (non-hydrogen) atoms. The number of ether oxygens (including phenoxy) is 1. The van der Waals surface area contributed by atoms with Crippen molar-refractivity contribution in [2.24, 2.45) is 5.92 Å². The number of nitrogens with one attached hydrogen (secondary N) is 1. The first-order valence-electron chi connectivity index (χ1n) is 9.62. The largest absolute Gasteiger partial charge is 0.391 e. The topological polar surface area (TPSA) is 122 Å². The van der Waals surface area contributed by atoms with Gasteiger partial charge in [-0.1, -0.05) is 13.3 Å². The number of amides is 1. The number of aliphatic hydroxyl groups is 4. The molecule has 2 saturated heterocycles. The Labute approximate surface area is 165 Å². The summed E-state index contributed by atoms with van der Waals surface area (Å²) >= 11 is 1.20. The summed E-state index contributed by atoms with van der Waals surface area (Å²) < 4.78 is 5.72. The minimum atomic E-state index is -1.42. The summed E-state index contributed by atoms with van der Waals surface area (Å²) in [6.45, 7) is 4.48. The Kier molecular flexibility index (Phi) is 8.35. The van der Waals surface area contributed by atoms with Crippen LogP contribution in [0.2, 0.25) is 0 Å². The van der Waals surface area contributed by atoms with Gasteiger partial charge in [-0.15, -0.1) is 11.8 Å². The molecule has 2 aliphatic heterocycles. The van der Waals surface area contributed by atoms with Gasteiger partial charge in [0.1, 0.15) is 29.9 Å². The van der Waals surface area contributed by atoms with Gasteiger partial charge in [-0.25, -0.2) is 0 Å². The van der Waals surface area contributed by atoms with Crippen LogP contribution in [0, 0.1) is 5.92 Å². The summed E-state index contributed by atoms with van der Waals surface area (Å²) in [7, 11) is 1.91. The molecule has 0 spiro atoms. The second kappa shape index (κ2) is 9.87. The molecule has 2 aliphatic rings. The number of likely N-dealkylation sites (tertiary alicyclic amines) is 1. The van der Waals surface area contributed by atoms with E-state index in [1.54, 1.807) is 6.26 Å². The maximum absolute atomic E-state index is 12.8. The fourth-order valence-electron chi connectivity index (χ4n) is 4.13. The zero-order chi connectivity index (χ0) is 20.3. The van der Waals surface area contributed by atoms with Gasteiger partial charge in [-0.05, 0) is 39.0 Å². The molecule has 9 heteroatoms. The van der Waals surface area contributed by atoms with Crippen LogP contribution in [0.5, 0.6) is 0 Å². The van der Waals surface area contributed by atoms with Crippen molar-refractivity contribution in [1.82, 2.24) is 10.2 Å². The Bertz CT molecular complexity index is 494. The number of likely N-dealkylation sites (N-methyl/N-ethyl adjacent to an activating group) is 1. The first-order chi connectivity index (χ1) is 12.7. The molecule has 0 aromatic carbocycles. The van der Waals surface area contributed by atoms with Crippen molar-refractivity contribution in [3.05, 3.63) is 0 Å². The average molecular weight is 407 g/mol. The van der Waals surface area contributed by atoms with Crippen molar-refractivity contribution < 1.29 is 30.0 Å². The zero-order valence-electron chi connectivity index (χ0n) is 16.5. The molecule has 2 heterocycles. The van der Waals surface area contributed by atoms with Gasteiger partial charge in [0.15, 0.2) is 0 Å². The number of aliphatic hydroxyl groups excluding tert-OH is 4.